The second kappa shape index (κ2) is 7.81. The molecule has 120 valence electrons. The fourth-order valence-electron chi connectivity index (χ4n) is 1.97. The molecule has 2 aromatic rings. The zero-order valence-electron chi connectivity index (χ0n) is 12.4. The number of benzene rings is 1. The van der Waals surface area contributed by atoms with Gasteiger partial charge in [0, 0.05) is 6.20 Å². The summed E-state index contributed by atoms with van der Waals surface area (Å²) >= 11 is 0. The predicted molar refractivity (Wildman–Crippen MR) is 85.8 cm³/mol. The van der Waals surface area contributed by atoms with Crippen molar-refractivity contribution in [2.45, 2.75) is 13.0 Å². The minimum atomic E-state index is -0.861. The van der Waals surface area contributed by atoms with Gasteiger partial charge in [-0.25, -0.2) is 0 Å². The van der Waals surface area contributed by atoms with Gasteiger partial charge in [0.15, 0.2) is 0 Å². The van der Waals surface area contributed by atoms with E-state index in [4.69, 9.17) is 21.4 Å². The highest BCUT2D eigenvalue weighted by atomic mass is 16.5. The summed E-state index contributed by atoms with van der Waals surface area (Å²) in [7, 11) is 0. The van der Waals surface area contributed by atoms with Crippen molar-refractivity contribution in [3.8, 4) is 5.75 Å². The van der Waals surface area contributed by atoms with Crippen molar-refractivity contribution in [3.05, 3.63) is 65.6 Å². The Kier molecular flexibility index (Phi) is 5.54. The molecular formula is C16H18N4O3. The number of aliphatic carboxylic acids is 1. The normalized spacial score (nSPS) is 11.1. The van der Waals surface area contributed by atoms with E-state index in [-0.39, 0.29) is 6.42 Å². The zero-order chi connectivity index (χ0) is 16.7. The molecule has 0 unspecified atom stereocenters. The summed E-state index contributed by atoms with van der Waals surface area (Å²) in [5.41, 5.74) is 10.7. The number of pyridine rings is 1. The molecule has 0 aliphatic heterocycles. The largest absolute Gasteiger partial charge is 0.487 e. The third-order valence-corrected chi connectivity index (χ3v) is 3.02. The molecule has 6 N–H and O–H groups in total. The van der Waals surface area contributed by atoms with Crippen LogP contribution in [0.25, 0.3) is 5.70 Å². The highest BCUT2D eigenvalue weighted by Gasteiger charge is 2.03. The van der Waals surface area contributed by atoms with Crippen LogP contribution in [0.2, 0.25) is 0 Å². The van der Waals surface area contributed by atoms with Crippen molar-refractivity contribution >= 4 is 11.7 Å². The number of hydrazine groups is 1. The van der Waals surface area contributed by atoms with E-state index in [1.54, 1.807) is 24.4 Å². The van der Waals surface area contributed by atoms with Gasteiger partial charge < -0.3 is 21.0 Å². The van der Waals surface area contributed by atoms with Crippen LogP contribution in [0.15, 0.2) is 48.8 Å². The van der Waals surface area contributed by atoms with Crippen LogP contribution in [0.1, 0.15) is 16.8 Å². The van der Waals surface area contributed by atoms with E-state index in [0.29, 0.717) is 23.7 Å². The van der Waals surface area contributed by atoms with Gasteiger partial charge in [-0.3, -0.25) is 15.6 Å². The molecule has 0 amide bonds. The number of nitrogens with one attached hydrogen (secondary N) is 1. The Balaban J connectivity index is 1.98. The second-order valence-electron chi connectivity index (χ2n) is 4.82. The summed E-state index contributed by atoms with van der Waals surface area (Å²) in [6, 6.07) is 10.7. The van der Waals surface area contributed by atoms with Crippen molar-refractivity contribution < 1.29 is 14.6 Å². The number of ether oxygens (including phenoxy) is 1. The van der Waals surface area contributed by atoms with Crippen LogP contribution in [-0.4, -0.2) is 16.1 Å². The van der Waals surface area contributed by atoms with Crippen molar-refractivity contribution in [1.29, 1.82) is 0 Å². The molecule has 0 fully saturated rings. The summed E-state index contributed by atoms with van der Waals surface area (Å²) < 4.78 is 5.64. The number of carboxylic acids is 1. The molecule has 23 heavy (non-hydrogen) atoms. The number of carboxylic acid groups (broad SMARTS) is 1. The molecule has 0 saturated heterocycles. The molecule has 1 aromatic heterocycles. The molecule has 0 spiro atoms. The van der Waals surface area contributed by atoms with Gasteiger partial charge in [-0.05, 0) is 23.3 Å². The van der Waals surface area contributed by atoms with E-state index in [0.717, 1.165) is 11.1 Å². The Labute approximate surface area is 133 Å². The molecule has 0 aliphatic rings. The summed E-state index contributed by atoms with van der Waals surface area (Å²) in [5.74, 6) is 4.88. The molecule has 7 nitrogen and oxygen atoms in total. The molecule has 0 radical (unpaired) electrons. The number of rotatable bonds is 7. The first-order valence-electron chi connectivity index (χ1n) is 6.89. The fourth-order valence-corrected chi connectivity index (χ4v) is 1.97. The summed E-state index contributed by atoms with van der Waals surface area (Å²) in [6.45, 7) is 0.324. The van der Waals surface area contributed by atoms with Gasteiger partial charge >= 0.3 is 5.97 Å². The Bertz CT molecular complexity index is 699. The molecule has 0 aliphatic carbocycles. The maximum Gasteiger partial charge on any atom is 0.307 e. The first-order chi connectivity index (χ1) is 11.1. The van der Waals surface area contributed by atoms with Gasteiger partial charge in [0.25, 0.3) is 0 Å². The molecule has 0 bridgehead atoms. The van der Waals surface area contributed by atoms with Gasteiger partial charge in [-0.1, -0.05) is 24.3 Å². The second-order valence-corrected chi connectivity index (χ2v) is 4.82. The number of carbonyl (C=O) groups is 1. The Morgan fingerprint density at radius 1 is 1.30 bits per heavy atom. The van der Waals surface area contributed by atoms with Gasteiger partial charge in [-0.2, -0.15) is 0 Å². The highest BCUT2D eigenvalue weighted by Crippen LogP contribution is 2.15. The molecular weight excluding hydrogens is 296 g/mol. The topological polar surface area (TPSA) is 123 Å². The molecule has 0 saturated carbocycles. The Hall–Kier alpha value is -3.06. The van der Waals surface area contributed by atoms with Crippen molar-refractivity contribution in [2.75, 3.05) is 0 Å². The van der Waals surface area contributed by atoms with Crippen LogP contribution in [0.3, 0.4) is 0 Å². The average molecular weight is 314 g/mol. The quantitative estimate of drug-likeness (QED) is 0.444. The van der Waals surface area contributed by atoms with Crippen LogP contribution in [0, 0.1) is 0 Å². The van der Waals surface area contributed by atoms with Crippen LogP contribution in [0.4, 0.5) is 0 Å². The van der Waals surface area contributed by atoms with Crippen LogP contribution < -0.4 is 21.7 Å². The third kappa shape index (κ3) is 5.01. The van der Waals surface area contributed by atoms with E-state index in [1.807, 2.05) is 18.2 Å². The number of hydrogen-bond donors (Lipinski definition) is 4. The number of nitrogens with zero attached hydrogens (tertiary/aromatic N) is 1. The van der Waals surface area contributed by atoms with Crippen molar-refractivity contribution in [1.82, 2.24) is 10.4 Å². The fraction of sp³-hybridized carbons (Fsp3) is 0.125. The van der Waals surface area contributed by atoms with Crippen LogP contribution in [0.5, 0.6) is 5.75 Å². The summed E-state index contributed by atoms with van der Waals surface area (Å²) in [4.78, 5) is 14.9. The third-order valence-electron chi connectivity index (χ3n) is 3.02. The lowest BCUT2D eigenvalue weighted by Crippen LogP contribution is -2.16. The van der Waals surface area contributed by atoms with Crippen LogP contribution >= 0.6 is 0 Å². The first-order valence-corrected chi connectivity index (χ1v) is 6.89. The van der Waals surface area contributed by atoms with E-state index < -0.39 is 5.97 Å². The van der Waals surface area contributed by atoms with Crippen molar-refractivity contribution in [3.63, 3.8) is 0 Å². The first kappa shape index (κ1) is 16.3. The molecule has 1 heterocycles. The molecule has 1 aromatic carbocycles. The lowest BCUT2D eigenvalue weighted by Gasteiger charge is -2.08. The van der Waals surface area contributed by atoms with Gasteiger partial charge in [-0.15, -0.1) is 0 Å². The van der Waals surface area contributed by atoms with E-state index in [1.165, 1.54) is 6.20 Å². The lowest BCUT2D eigenvalue weighted by molar-refractivity contribution is -0.136. The van der Waals surface area contributed by atoms with E-state index >= 15 is 0 Å². The molecule has 2 rings (SSSR count). The summed E-state index contributed by atoms with van der Waals surface area (Å²) in [5, 5.41) is 8.81. The van der Waals surface area contributed by atoms with Crippen molar-refractivity contribution in [2.24, 2.45) is 11.6 Å². The van der Waals surface area contributed by atoms with E-state index in [2.05, 4.69) is 10.4 Å². The monoisotopic (exact) mass is 314 g/mol. The number of aromatic nitrogens is 1. The standard InChI is InChI=1S/C16H18N4O3/c17-14(9-20-18)15-5-4-13(8-19-15)23-10-12-3-1-2-11(6-12)7-16(21)22/h1-6,8-9,20H,7,10,17-18H2,(H,21,22)/b14-9-. The van der Waals surface area contributed by atoms with Gasteiger partial charge in [0.1, 0.15) is 12.4 Å². The predicted octanol–water partition coefficient (Wildman–Crippen LogP) is 1.01. The van der Waals surface area contributed by atoms with Gasteiger partial charge in [0.05, 0.1) is 24.0 Å². The van der Waals surface area contributed by atoms with Gasteiger partial charge in [0.2, 0.25) is 0 Å². The number of nitrogens with two attached hydrogens (primary N) is 2. The zero-order valence-corrected chi connectivity index (χ0v) is 12.4. The average Bonchev–Trinajstić information content (AvgIpc) is 2.53. The minimum Gasteiger partial charge on any atom is -0.487 e. The highest BCUT2D eigenvalue weighted by molar-refractivity contribution is 5.70. The Morgan fingerprint density at radius 3 is 2.74 bits per heavy atom. The maximum absolute atomic E-state index is 10.7. The van der Waals surface area contributed by atoms with Crippen LogP contribution in [-0.2, 0) is 17.8 Å². The summed E-state index contributed by atoms with van der Waals surface area (Å²) in [6.07, 6.45) is 3.00. The maximum atomic E-state index is 10.7. The Morgan fingerprint density at radius 2 is 2.09 bits per heavy atom. The van der Waals surface area contributed by atoms with E-state index in [9.17, 15) is 4.79 Å². The lowest BCUT2D eigenvalue weighted by atomic mass is 10.1. The molecule has 7 heteroatoms. The SMILES string of the molecule is NN/C=C(\N)c1ccc(OCc2cccc(CC(=O)O)c2)cn1. The number of hydrogen-bond acceptors (Lipinski definition) is 6. The smallest absolute Gasteiger partial charge is 0.307 e. The minimum absolute atomic E-state index is 0.00905. The molecule has 0 atom stereocenters.